The molecule has 0 heterocycles. The van der Waals surface area contributed by atoms with E-state index in [0.29, 0.717) is 6.54 Å². The summed E-state index contributed by atoms with van der Waals surface area (Å²) in [6.45, 7) is 0.521. The molecule has 2 nitrogen and oxygen atoms in total. The highest BCUT2D eigenvalue weighted by molar-refractivity contribution is 5.48. The highest BCUT2D eigenvalue weighted by Gasteiger charge is 2.05. The number of hydrogen-bond acceptors (Lipinski definition) is 2. The Balaban J connectivity index is 1.98. The fourth-order valence-corrected chi connectivity index (χ4v) is 1.60. The van der Waals surface area contributed by atoms with Crippen LogP contribution in [0, 0.1) is 0 Å². The van der Waals surface area contributed by atoms with Gasteiger partial charge in [0.25, 0.3) is 6.43 Å². The zero-order chi connectivity index (χ0) is 13.0. The molecule has 4 heteroatoms. The Morgan fingerprint density at radius 1 is 1.06 bits per heavy atom. The summed E-state index contributed by atoms with van der Waals surface area (Å²) in [4.78, 5) is 0. The van der Waals surface area contributed by atoms with Crippen LogP contribution >= 0.6 is 0 Å². The molecule has 0 aromatic heterocycles. The third-order valence-corrected chi connectivity index (χ3v) is 2.57. The van der Waals surface area contributed by atoms with Gasteiger partial charge in [-0.1, -0.05) is 30.3 Å². The lowest BCUT2D eigenvalue weighted by Crippen LogP contribution is -1.99. The van der Waals surface area contributed by atoms with Gasteiger partial charge in [-0.15, -0.1) is 0 Å². The largest absolute Gasteiger partial charge is 0.508 e. The summed E-state index contributed by atoms with van der Waals surface area (Å²) in [5.41, 5.74) is 1.71. The van der Waals surface area contributed by atoms with Crippen molar-refractivity contribution in [3.05, 3.63) is 59.7 Å². The molecule has 0 amide bonds. The predicted molar refractivity (Wildman–Crippen MR) is 66.8 cm³/mol. The van der Waals surface area contributed by atoms with Crippen molar-refractivity contribution in [2.24, 2.45) is 0 Å². The van der Waals surface area contributed by atoms with Crippen LogP contribution in [0.1, 0.15) is 17.6 Å². The van der Waals surface area contributed by atoms with Crippen molar-refractivity contribution in [2.45, 2.75) is 13.0 Å². The lowest BCUT2D eigenvalue weighted by Gasteiger charge is -2.07. The van der Waals surface area contributed by atoms with E-state index < -0.39 is 6.43 Å². The first-order valence-electron chi connectivity index (χ1n) is 5.55. The molecule has 2 aromatic rings. The Bertz CT molecular complexity index is 511. The average molecular weight is 249 g/mol. The molecule has 0 spiro atoms. The van der Waals surface area contributed by atoms with Crippen molar-refractivity contribution in [3.8, 4) is 5.75 Å². The van der Waals surface area contributed by atoms with Gasteiger partial charge >= 0.3 is 0 Å². The Morgan fingerprint density at radius 3 is 2.39 bits per heavy atom. The molecular formula is C14H13F2NO. The summed E-state index contributed by atoms with van der Waals surface area (Å²) in [5, 5.41) is 12.4. The van der Waals surface area contributed by atoms with Gasteiger partial charge in [0.1, 0.15) is 5.75 Å². The van der Waals surface area contributed by atoms with E-state index in [-0.39, 0.29) is 11.3 Å². The number of benzene rings is 2. The number of rotatable bonds is 4. The average Bonchev–Trinajstić information content (AvgIpc) is 2.37. The van der Waals surface area contributed by atoms with Crippen LogP contribution in [0.3, 0.4) is 0 Å². The highest BCUT2D eigenvalue weighted by Crippen LogP contribution is 2.20. The van der Waals surface area contributed by atoms with E-state index in [1.54, 1.807) is 30.3 Å². The fraction of sp³-hybridized carbons (Fsp3) is 0.143. The van der Waals surface area contributed by atoms with Gasteiger partial charge in [0.2, 0.25) is 0 Å². The molecular weight excluding hydrogens is 236 g/mol. The maximum absolute atomic E-state index is 12.4. The first-order chi connectivity index (χ1) is 8.65. The van der Waals surface area contributed by atoms with Crippen LogP contribution in [0.15, 0.2) is 48.5 Å². The number of aromatic hydroxyl groups is 1. The third kappa shape index (κ3) is 3.20. The normalized spacial score (nSPS) is 10.6. The van der Waals surface area contributed by atoms with E-state index in [1.165, 1.54) is 12.1 Å². The van der Waals surface area contributed by atoms with Gasteiger partial charge < -0.3 is 10.4 Å². The van der Waals surface area contributed by atoms with E-state index in [2.05, 4.69) is 5.32 Å². The summed E-state index contributed by atoms with van der Waals surface area (Å²) >= 11 is 0. The van der Waals surface area contributed by atoms with E-state index in [4.69, 9.17) is 0 Å². The molecule has 0 bridgehead atoms. The van der Waals surface area contributed by atoms with Gasteiger partial charge in [0, 0.05) is 23.9 Å². The number of anilines is 1. The Hall–Kier alpha value is -2.10. The molecule has 0 unspecified atom stereocenters. The minimum atomic E-state index is -2.43. The monoisotopic (exact) mass is 249 g/mol. The molecule has 0 aliphatic carbocycles. The fourth-order valence-electron chi connectivity index (χ4n) is 1.60. The number of hydrogen-bond donors (Lipinski definition) is 2. The number of alkyl halides is 2. The van der Waals surface area contributed by atoms with Crippen molar-refractivity contribution in [2.75, 3.05) is 5.32 Å². The van der Waals surface area contributed by atoms with Crippen LogP contribution in [-0.4, -0.2) is 5.11 Å². The lowest BCUT2D eigenvalue weighted by atomic mass is 10.1. The standard InChI is InChI=1S/C14H13F2NO/c15-14(16)11-6-4-10(5-7-11)9-17-12-2-1-3-13(18)8-12/h1-8,14,17-18H,9H2. The third-order valence-electron chi connectivity index (χ3n) is 2.57. The molecule has 2 aromatic carbocycles. The second kappa shape index (κ2) is 5.49. The second-order valence-corrected chi connectivity index (χ2v) is 3.95. The molecule has 94 valence electrons. The zero-order valence-electron chi connectivity index (χ0n) is 9.61. The second-order valence-electron chi connectivity index (χ2n) is 3.95. The Kier molecular flexibility index (Phi) is 3.77. The molecule has 0 saturated heterocycles. The van der Waals surface area contributed by atoms with Crippen LogP contribution in [0.25, 0.3) is 0 Å². The van der Waals surface area contributed by atoms with Crippen molar-refractivity contribution < 1.29 is 13.9 Å². The van der Waals surface area contributed by atoms with Gasteiger partial charge in [-0.05, 0) is 17.7 Å². The van der Waals surface area contributed by atoms with Crippen molar-refractivity contribution in [3.63, 3.8) is 0 Å². The molecule has 0 fully saturated rings. The quantitative estimate of drug-likeness (QED) is 0.860. The molecule has 0 radical (unpaired) electrons. The molecule has 0 aliphatic rings. The van der Waals surface area contributed by atoms with E-state index >= 15 is 0 Å². The first kappa shape index (κ1) is 12.4. The first-order valence-corrected chi connectivity index (χ1v) is 5.55. The number of phenols is 1. The van der Waals surface area contributed by atoms with Crippen LogP contribution < -0.4 is 5.32 Å². The van der Waals surface area contributed by atoms with Crippen LogP contribution in [0.2, 0.25) is 0 Å². The van der Waals surface area contributed by atoms with Crippen LogP contribution in [-0.2, 0) is 6.54 Å². The highest BCUT2D eigenvalue weighted by atomic mass is 19.3. The summed E-state index contributed by atoms with van der Waals surface area (Å²) in [6.07, 6.45) is -2.43. The van der Waals surface area contributed by atoms with Crippen LogP contribution in [0.4, 0.5) is 14.5 Å². The summed E-state index contributed by atoms with van der Waals surface area (Å²) in [6, 6.07) is 12.9. The summed E-state index contributed by atoms with van der Waals surface area (Å²) < 4.78 is 24.7. The maximum atomic E-state index is 12.4. The molecule has 0 atom stereocenters. The molecule has 0 saturated carbocycles. The van der Waals surface area contributed by atoms with Crippen molar-refractivity contribution in [1.82, 2.24) is 0 Å². The molecule has 18 heavy (non-hydrogen) atoms. The van der Waals surface area contributed by atoms with E-state index in [1.807, 2.05) is 6.07 Å². The number of halogens is 2. The van der Waals surface area contributed by atoms with E-state index in [0.717, 1.165) is 11.3 Å². The van der Waals surface area contributed by atoms with Gasteiger partial charge in [0.05, 0.1) is 0 Å². The number of phenolic OH excluding ortho intramolecular Hbond substituents is 1. The van der Waals surface area contributed by atoms with Crippen molar-refractivity contribution in [1.29, 1.82) is 0 Å². The summed E-state index contributed by atoms with van der Waals surface area (Å²) in [7, 11) is 0. The SMILES string of the molecule is Oc1cccc(NCc2ccc(C(F)F)cc2)c1. The Morgan fingerprint density at radius 2 is 1.78 bits per heavy atom. The molecule has 2 N–H and O–H groups in total. The molecule has 0 aliphatic heterocycles. The molecule has 2 rings (SSSR count). The lowest BCUT2D eigenvalue weighted by molar-refractivity contribution is 0.151. The predicted octanol–water partition coefficient (Wildman–Crippen LogP) is 3.94. The minimum absolute atomic E-state index is 0.0242. The van der Waals surface area contributed by atoms with Gasteiger partial charge in [-0.25, -0.2) is 8.78 Å². The van der Waals surface area contributed by atoms with Gasteiger partial charge in [-0.2, -0.15) is 0 Å². The smallest absolute Gasteiger partial charge is 0.263 e. The van der Waals surface area contributed by atoms with Gasteiger partial charge in [0.15, 0.2) is 0 Å². The van der Waals surface area contributed by atoms with E-state index in [9.17, 15) is 13.9 Å². The van der Waals surface area contributed by atoms with Crippen LogP contribution in [0.5, 0.6) is 5.75 Å². The zero-order valence-corrected chi connectivity index (χ0v) is 9.61. The van der Waals surface area contributed by atoms with Gasteiger partial charge in [-0.3, -0.25) is 0 Å². The van der Waals surface area contributed by atoms with Crippen molar-refractivity contribution >= 4 is 5.69 Å². The maximum Gasteiger partial charge on any atom is 0.263 e. The topological polar surface area (TPSA) is 32.3 Å². The summed E-state index contributed by atoms with van der Waals surface area (Å²) in [5.74, 6) is 0.188. The number of nitrogens with one attached hydrogen (secondary N) is 1. The minimum Gasteiger partial charge on any atom is -0.508 e. The Labute approximate surface area is 104 Å².